The lowest BCUT2D eigenvalue weighted by Crippen LogP contribution is -2.10. The SMILES string of the molecule is OC1CC[C@H](CBr)O1. The van der Waals surface area contributed by atoms with Gasteiger partial charge in [0.25, 0.3) is 0 Å². The molecule has 0 aromatic carbocycles. The van der Waals surface area contributed by atoms with Crippen molar-refractivity contribution in [1.29, 1.82) is 0 Å². The molecule has 1 saturated heterocycles. The van der Waals surface area contributed by atoms with E-state index in [0.717, 1.165) is 18.2 Å². The summed E-state index contributed by atoms with van der Waals surface area (Å²) in [5.74, 6) is 0. The van der Waals surface area contributed by atoms with Gasteiger partial charge >= 0.3 is 0 Å². The molecule has 0 spiro atoms. The second kappa shape index (κ2) is 2.80. The zero-order chi connectivity index (χ0) is 5.98. The Bertz CT molecular complexity index is 76.8. The summed E-state index contributed by atoms with van der Waals surface area (Å²) in [4.78, 5) is 0. The Hall–Kier alpha value is 0.400. The fourth-order valence-corrected chi connectivity index (χ4v) is 1.28. The average molecular weight is 181 g/mol. The number of hydrogen-bond acceptors (Lipinski definition) is 2. The third-order valence-electron chi connectivity index (χ3n) is 1.26. The Balaban J connectivity index is 2.22. The van der Waals surface area contributed by atoms with E-state index in [1.807, 2.05) is 0 Å². The lowest BCUT2D eigenvalue weighted by molar-refractivity contribution is -0.0834. The van der Waals surface area contributed by atoms with Crippen molar-refractivity contribution < 1.29 is 9.84 Å². The Morgan fingerprint density at radius 2 is 2.38 bits per heavy atom. The second-order valence-electron chi connectivity index (χ2n) is 1.94. The number of aliphatic hydroxyl groups is 1. The van der Waals surface area contributed by atoms with Crippen molar-refractivity contribution in [2.24, 2.45) is 0 Å². The highest BCUT2D eigenvalue weighted by molar-refractivity contribution is 9.09. The average Bonchev–Trinajstić information content (AvgIpc) is 2.14. The molecule has 1 aliphatic heterocycles. The molecule has 8 heavy (non-hydrogen) atoms. The molecule has 1 heterocycles. The molecule has 0 bridgehead atoms. The van der Waals surface area contributed by atoms with Crippen LogP contribution in [0.4, 0.5) is 0 Å². The highest BCUT2D eigenvalue weighted by Gasteiger charge is 2.21. The van der Waals surface area contributed by atoms with Gasteiger partial charge in [0.1, 0.15) is 0 Å². The molecule has 1 N–H and O–H groups in total. The van der Waals surface area contributed by atoms with Gasteiger partial charge in [-0.2, -0.15) is 0 Å². The zero-order valence-electron chi connectivity index (χ0n) is 4.51. The molecule has 1 aliphatic rings. The predicted molar refractivity (Wildman–Crippen MR) is 33.9 cm³/mol. The normalized spacial score (nSPS) is 38.2. The van der Waals surface area contributed by atoms with E-state index in [1.165, 1.54) is 0 Å². The summed E-state index contributed by atoms with van der Waals surface area (Å²) in [5.41, 5.74) is 0. The maximum Gasteiger partial charge on any atom is 0.155 e. The van der Waals surface area contributed by atoms with E-state index in [-0.39, 0.29) is 6.10 Å². The molecule has 3 heteroatoms. The number of rotatable bonds is 1. The predicted octanol–water partition coefficient (Wildman–Crippen LogP) is 0.879. The number of ether oxygens (including phenoxy) is 1. The van der Waals surface area contributed by atoms with Gasteiger partial charge in [0.15, 0.2) is 6.29 Å². The molecule has 0 aromatic heterocycles. The highest BCUT2D eigenvalue weighted by atomic mass is 79.9. The van der Waals surface area contributed by atoms with Gasteiger partial charge in [-0.25, -0.2) is 0 Å². The summed E-state index contributed by atoms with van der Waals surface area (Å²) < 4.78 is 5.02. The van der Waals surface area contributed by atoms with Crippen molar-refractivity contribution >= 4 is 15.9 Å². The number of hydrogen-bond donors (Lipinski definition) is 1. The van der Waals surface area contributed by atoms with E-state index in [0.29, 0.717) is 0 Å². The van der Waals surface area contributed by atoms with E-state index in [2.05, 4.69) is 15.9 Å². The largest absolute Gasteiger partial charge is 0.368 e. The maximum absolute atomic E-state index is 8.79. The molecule has 2 nitrogen and oxygen atoms in total. The van der Waals surface area contributed by atoms with Crippen molar-refractivity contribution in [2.45, 2.75) is 25.2 Å². The van der Waals surface area contributed by atoms with Crippen LogP contribution in [-0.2, 0) is 4.74 Å². The van der Waals surface area contributed by atoms with Gasteiger partial charge in [-0.15, -0.1) is 0 Å². The van der Waals surface area contributed by atoms with Crippen molar-refractivity contribution in [3.05, 3.63) is 0 Å². The lowest BCUT2D eigenvalue weighted by Gasteiger charge is -2.03. The lowest BCUT2D eigenvalue weighted by atomic mass is 10.3. The van der Waals surface area contributed by atoms with Crippen molar-refractivity contribution in [1.82, 2.24) is 0 Å². The van der Waals surface area contributed by atoms with E-state index < -0.39 is 6.29 Å². The van der Waals surface area contributed by atoms with Crippen LogP contribution in [0.3, 0.4) is 0 Å². The van der Waals surface area contributed by atoms with Crippen LogP contribution in [0.25, 0.3) is 0 Å². The van der Waals surface area contributed by atoms with Crippen molar-refractivity contribution in [3.8, 4) is 0 Å². The molecule has 1 fully saturated rings. The molecule has 1 unspecified atom stereocenters. The van der Waals surface area contributed by atoms with Crippen LogP contribution in [0.15, 0.2) is 0 Å². The molecule has 0 saturated carbocycles. The molecular weight excluding hydrogens is 172 g/mol. The van der Waals surface area contributed by atoms with Gasteiger partial charge in [-0.1, -0.05) is 15.9 Å². The Labute approximate surface area is 57.0 Å². The molecule has 0 radical (unpaired) electrons. The fourth-order valence-electron chi connectivity index (χ4n) is 0.800. The van der Waals surface area contributed by atoms with Gasteiger partial charge in [0, 0.05) is 11.8 Å². The first kappa shape index (κ1) is 6.52. The van der Waals surface area contributed by atoms with E-state index in [9.17, 15) is 0 Å². The minimum Gasteiger partial charge on any atom is -0.368 e. The number of aliphatic hydroxyl groups excluding tert-OH is 1. The van der Waals surface area contributed by atoms with Gasteiger partial charge in [0.05, 0.1) is 6.10 Å². The molecule has 0 aromatic rings. The van der Waals surface area contributed by atoms with Crippen molar-refractivity contribution in [2.75, 3.05) is 5.33 Å². The first-order chi connectivity index (χ1) is 3.83. The van der Waals surface area contributed by atoms with Crippen LogP contribution in [0, 0.1) is 0 Å². The first-order valence-corrected chi connectivity index (χ1v) is 3.84. The summed E-state index contributed by atoms with van der Waals surface area (Å²) in [7, 11) is 0. The minimum absolute atomic E-state index is 0.241. The minimum atomic E-state index is -0.502. The van der Waals surface area contributed by atoms with Crippen LogP contribution in [0.2, 0.25) is 0 Å². The second-order valence-corrected chi connectivity index (χ2v) is 2.59. The zero-order valence-corrected chi connectivity index (χ0v) is 6.10. The summed E-state index contributed by atoms with van der Waals surface area (Å²) in [5, 5.41) is 9.62. The van der Waals surface area contributed by atoms with Gasteiger partial charge in [0.2, 0.25) is 0 Å². The smallest absolute Gasteiger partial charge is 0.155 e. The third-order valence-corrected chi connectivity index (χ3v) is 1.98. The fraction of sp³-hybridized carbons (Fsp3) is 1.00. The summed E-state index contributed by atoms with van der Waals surface area (Å²) >= 11 is 3.27. The van der Waals surface area contributed by atoms with Crippen LogP contribution < -0.4 is 0 Å². The van der Waals surface area contributed by atoms with E-state index >= 15 is 0 Å². The molecule has 0 aliphatic carbocycles. The van der Waals surface area contributed by atoms with Crippen LogP contribution in [-0.4, -0.2) is 22.8 Å². The van der Waals surface area contributed by atoms with Gasteiger partial charge < -0.3 is 9.84 Å². The van der Waals surface area contributed by atoms with Gasteiger partial charge in [-0.05, 0) is 6.42 Å². The monoisotopic (exact) mass is 180 g/mol. The third kappa shape index (κ3) is 1.44. The topological polar surface area (TPSA) is 29.5 Å². The Morgan fingerprint density at radius 1 is 1.62 bits per heavy atom. The highest BCUT2D eigenvalue weighted by Crippen LogP contribution is 2.18. The molecule has 2 atom stereocenters. The summed E-state index contributed by atoms with van der Waals surface area (Å²) in [6, 6.07) is 0. The molecule has 48 valence electrons. The molecule has 1 rings (SSSR count). The molecular formula is C5H9BrO2. The molecule has 0 amide bonds. The maximum atomic E-state index is 8.79. The number of alkyl halides is 1. The Morgan fingerprint density at radius 3 is 2.62 bits per heavy atom. The number of halogens is 1. The van der Waals surface area contributed by atoms with Crippen LogP contribution in [0.1, 0.15) is 12.8 Å². The van der Waals surface area contributed by atoms with Crippen LogP contribution >= 0.6 is 15.9 Å². The van der Waals surface area contributed by atoms with Gasteiger partial charge in [-0.3, -0.25) is 0 Å². The quantitative estimate of drug-likeness (QED) is 0.608. The Kier molecular flexibility index (Phi) is 2.28. The van der Waals surface area contributed by atoms with Crippen molar-refractivity contribution in [3.63, 3.8) is 0 Å². The summed E-state index contributed by atoms with van der Waals surface area (Å²) in [6.45, 7) is 0. The van der Waals surface area contributed by atoms with E-state index in [4.69, 9.17) is 9.84 Å². The first-order valence-electron chi connectivity index (χ1n) is 2.72. The van der Waals surface area contributed by atoms with E-state index in [1.54, 1.807) is 0 Å². The van der Waals surface area contributed by atoms with Crippen LogP contribution in [0.5, 0.6) is 0 Å². The summed E-state index contributed by atoms with van der Waals surface area (Å²) in [6.07, 6.45) is 1.51. The standard InChI is InChI=1S/C5H9BrO2/c6-3-4-1-2-5(7)8-4/h4-5,7H,1-3H2/t4-,5?/m1/s1.